The standard InChI is InChI=1S/C10H20OS/c1-8-6-9(2,3)12(11)10(4,5)7-8/h8H,6-7H2,1-5H3. The SMILES string of the molecule is CC1CC(C)(C)[S+]([O-])C(C)(C)C1. The lowest BCUT2D eigenvalue weighted by Gasteiger charge is -2.45. The summed E-state index contributed by atoms with van der Waals surface area (Å²) in [4.78, 5) is 0. The smallest absolute Gasteiger partial charge is 0.120 e. The molecule has 72 valence electrons. The van der Waals surface area contributed by atoms with Crippen LogP contribution in [0.1, 0.15) is 47.5 Å². The molecule has 0 aliphatic carbocycles. The summed E-state index contributed by atoms with van der Waals surface area (Å²) in [7, 11) is 0. The van der Waals surface area contributed by atoms with Crippen molar-refractivity contribution in [1.29, 1.82) is 0 Å². The van der Waals surface area contributed by atoms with Crippen molar-refractivity contribution in [2.75, 3.05) is 0 Å². The van der Waals surface area contributed by atoms with E-state index < -0.39 is 11.2 Å². The van der Waals surface area contributed by atoms with Gasteiger partial charge in [-0.3, -0.25) is 0 Å². The molecule has 2 heteroatoms. The normalized spacial score (nSPS) is 39.5. The molecule has 0 saturated carbocycles. The fraction of sp³-hybridized carbons (Fsp3) is 1.00. The second-order valence-corrected chi connectivity index (χ2v) is 8.05. The molecule has 1 fully saturated rings. The summed E-state index contributed by atoms with van der Waals surface area (Å²) in [5.41, 5.74) is 0. The van der Waals surface area contributed by atoms with Gasteiger partial charge in [-0.2, -0.15) is 0 Å². The third-order valence-electron chi connectivity index (χ3n) is 2.68. The van der Waals surface area contributed by atoms with Gasteiger partial charge in [-0.25, -0.2) is 0 Å². The Labute approximate surface area is 79.1 Å². The van der Waals surface area contributed by atoms with E-state index in [9.17, 15) is 4.55 Å². The third-order valence-corrected chi connectivity index (χ3v) is 5.02. The molecule has 1 saturated heterocycles. The van der Waals surface area contributed by atoms with Gasteiger partial charge in [0.1, 0.15) is 9.49 Å². The van der Waals surface area contributed by atoms with Gasteiger partial charge >= 0.3 is 0 Å². The van der Waals surface area contributed by atoms with Gasteiger partial charge in [-0.15, -0.1) is 0 Å². The molecule has 1 heterocycles. The summed E-state index contributed by atoms with van der Waals surface area (Å²) in [5.74, 6) is 0.715. The second kappa shape index (κ2) is 2.91. The minimum atomic E-state index is -0.682. The van der Waals surface area contributed by atoms with Gasteiger partial charge in [0.15, 0.2) is 0 Å². The molecule has 0 aromatic carbocycles. The fourth-order valence-corrected chi connectivity index (χ4v) is 5.02. The number of hydrogen-bond acceptors (Lipinski definition) is 1. The Hall–Kier alpha value is 0.310. The maximum Gasteiger partial charge on any atom is 0.120 e. The Morgan fingerprint density at radius 2 is 1.42 bits per heavy atom. The highest BCUT2D eigenvalue weighted by Gasteiger charge is 2.49. The Morgan fingerprint density at radius 1 is 1.08 bits per heavy atom. The third kappa shape index (κ3) is 1.80. The molecule has 12 heavy (non-hydrogen) atoms. The zero-order chi connectivity index (χ0) is 9.57. The minimum absolute atomic E-state index is 0.0150. The van der Waals surface area contributed by atoms with Gasteiger partial charge in [0.2, 0.25) is 0 Å². The van der Waals surface area contributed by atoms with E-state index in [2.05, 4.69) is 34.6 Å². The van der Waals surface area contributed by atoms with Crippen LogP contribution in [0.4, 0.5) is 0 Å². The van der Waals surface area contributed by atoms with Gasteiger partial charge in [0, 0.05) is 0 Å². The zero-order valence-corrected chi connectivity index (χ0v) is 9.62. The Bertz CT molecular complexity index is 157. The van der Waals surface area contributed by atoms with Gasteiger partial charge in [-0.05, 0) is 57.6 Å². The van der Waals surface area contributed by atoms with E-state index in [0.29, 0.717) is 5.92 Å². The first-order chi connectivity index (χ1) is 5.26. The summed E-state index contributed by atoms with van der Waals surface area (Å²) in [5, 5.41) is 0. The summed E-state index contributed by atoms with van der Waals surface area (Å²) >= 11 is -0.682. The van der Waals surface area contributed by atoms with Crippen molar-refractivity contribution in [3.05, 3.63) is 0 Å². The molecule has 0 aromatic rings. The largest absolute Gasteiger partial charge is 0.616 e. The second-order valence-electron chi connectivity index (χ2n) is 5.30. The monoisotopic (exact) mass is 188 g/mol. The lowest BCUT2D eigenvalue weighted by molar-refractivity contribution is 0.335. The number of rotatable bonds is 0. The molecule has 0 atom stereocenters. The highest BCUT2D eigenvalue weighted by Crippen LogP contribution is 2.43. The van der Waals surface area contributed by atoms with Crippen molar-refractivity contribution in [2.24, 2.45) is 5.92 Å². The molecule has 1 aliphatic heterocycles. The van der Waals surface area contributed by atoms with Crippen LogP contribution in [0, 0.1) is 5.92 Å². The van der Waals surface area contributed by atoms with Gasteiger partial charge < -0.3 is 4.55 Å². The van der Waals surface area contributed by atoms with Crippen molar-refractivity contribution in [3.8, 4) is 0 Å². The van der Waals surface area contributed by atoms with Crippen molar-refractivity contribution < 1.29 is 4.55 Å². The first-order valence-corrected chi connectivity index (χ1v) is 5.83. The molecular formula is C10H20OS. The predicted molar refractivity (Wildman–Crippen MR) is 54.7 cm³/mol. The van der Waals surface area contributed by atoms with E-state index in [0.717, 1.165) is 12.8 Å². The van der Waals surface area contributed by atoms with Crippen LogP contribution in [0.25, 0.3) is 0 Å². The summed E-state index contributed by atoms with van der Waals surface area (Å²) in [6.07, 6.45) is 2.20. The van der Waals surface area contributed by atoms with Gasteiger partial charge in [0.25, 0.3) is 0 Å². The molecule has 0 aromatic heterocycles. The molecule has 1 aliphatic rings. The van der Waals surface area contributed by atoms with E-state index in [4.69, 9.17) is 0 Å². The van der Waals surface area contributed by atoms with Crippen LogP contribution in [-0.2, 0) is 11.2 Å². The van der Waals surface area contributed by atoms with Crippen molar-refractivity contribution in [3.63, 3.8) is 0 Å². The summed E-state index contributed by atoms with van der Waals surface area (Å²) in [6, 6.07) is 0. The van der Waals surface area contributed by atoms with Crippen LogP contribution in [0.5, 0.6) is 0 Å². The number of hydrogen-bond donors (Lipinski definition) is 0. The first kappa shape index (κ1) is 10.4. The molecule has 0 radical (unpaired) electrons. The molecule has 0 amide bonds. The van der Waals surface area contributed by atoms with Crippen LogP contribution in [0.15, 0.2) is 0 Å². The highest BCUT2D eigenvalue weighted by molar-refractivity contribution is 7.94. The minimum Gasteiger partial charge on any atom is -0.616 e. The molecule has 1 nitrogen and oxygen atoms in total. The highest BCUT2D eigenvalue weighted by atomic mass is 32.2. The molecule has 0 N–H and O–H groups in total. The van der Waals surface area contributed by atoms with E-state index in [1.807, 2.05) is 0 Å². The van der Waals surface area contributed by atoms with Crippen LogP contribution < -0.4 is 0 Å². The molecule has 0 bridgehead atoms. The molecule has 0 spiro atoms. The molecule has 0 unspecified atom stereocenters. The Morgan fingerprint density at radius 3 is 1.75 bits per heavy atom. The predicted octanol–water partition coefficient (Wildman–Crippen LogP) is 2.72. The van der Waals surface area contributed by atoms with E-state index in [1.165, 1.54) is 0 Å². The quantitative estimate of drug-likeness (QED) is 0.536. The summed E-state index contributed by atoms with van der Waals surface area (Å²) in [6.45, 7) is 10.8. The van der Waals surface area contributed by atoms with E-state index in [1.54, 1.807) is 0 Å². The average molecular weight is 188 g/mol. The Balaban J connectivity index is 2.84. The average Bonchev–Trinajstić information content (AvgIpc) is 1.80. The molecular weight excluding hydrogens is 168 g/mol. The fourth-order valence-electron chi connectivity index (χ4n) is 2.65. The van der Waals surface area contributed by atoms with E-state index >= 15 is 0 Å². The maximum atomic E-state index is 12.0. The van der Waals surface area contributed by atoms with Crippen LogP contribution >= 0.6 is 0 Å². The lowest BCUT2D eigenvalue weighted by atomic mass is 9.89. The van der Waals surface area contributed by atoms with Crippen molar-refractivity contribution in [1.82, 2.24) is 0 Å². The van der Waals surface area contributed by atoms with Crippen LogP contribution in [0.2, 0.25) is 0 Å². The van der Waals surface area contributed by atoms with E-state index in [-0.39, 0.29) is 9.49 Å². The topological polar surface area (TPSA) is 23.1 Å². The van der Waals surface area contributed by atoms with Crippen LogP contribution in [0.3, 0.4) is 0 Å². The molecule has 1 rings (SSSR count). The Kier molecular flexibility index (Phi) is 2.52. The summed E-state index contributed by atoms with van der Waals surface area (Å²) < 4.78 is 12.1. The van der Waals surface area contributed by atoms with Crippen molar-refractivity contribution in [2.45, 2.75) is 57.0 Å². The first-order valence-electron chi connectivity index (χ1n) is 4.68. The van der Waals surface area contributed by atoms with Gasteiger partial charge in [-0.1, -0.05) is 6.92 Å². The van der Waals surface area contributed by atoms with Crippen LogP contribution in [-0.4, -0.2) is 14.0 Å². The van der Waals surface area contributed by atoms with Gasteiger partial charge in [0.05, 0.1) is 0 Å². The maximum absolute atomic E-state index is 12.0. The lowest BCUT2D eigenvalue weighted by Crippen LogP contribution is -2.51. The zero-order valence-electron chi connectivity index (χ0n) is 8.81. The van der Waals surface area contributed by atoms with Crippen molar-refractivity contribution >= 4 is 11.2 Å².